The molecule has 0 spiro atoms. The van der Waals surface area contributed by atoms with Gasteiger partial charge in [-0.3, -0.25) is 19.1 Å². The second kappa shape index (κ2) is 11.2. The lowest BCUT2D eigenvalue weighted by Crippen LogP contribution is -2.33. The molecule has 1 aliphatic rings. The van der Waals surface area contributed by atoms with Crippen molar-refractivity contribution < 1.29 is 24.5 Å². The summed E-state index contributed by atoms with van der Waals surface area (Å²) < 4.78 is 11.5. The average molecular weight is 404 g/mol. The topological polar surface area (TPSA) is 131 Å². The number of H-pyrrole nitrogens is 1. The Bertz CT molecular complexity index is 933. The largest absolute Gasteiger partial charge is 0.461 e. The van der Waals surface area contributed by atoms with Gasteiger partial charge in [0.2, 0.25) is 0 Å². The normalized spacial score (nSPS) is 21.4. The van der Waals surface area contributed by atoms with E-state index in [4.69, 9.17) is 14.6 Å². The maximum absolute atomic E-state index is 12.0. The van der Waals surface area contributed by atoms with Crippen LogP contribution in [0.5, 0.6) is 0 Å². The highest BCUT2D eigenvalue weighted by Crippen LogP contribution is 2.27. The standard InChI is InChI=1S/C20H24N2O7/c1-2-3-4-7-10-28-18(25)9-6-5-8-14-12-22(20(27)21-19(14)26)17-11-15(24)16(13-23)29-17/h2-4,7,12,15-17,23-24H,6,9-11,13H2,1H3,(H,21,26,27)/b3-2+,7-4+/t15-,16+,17+/m0/s1. The van der Waals surface area contributed by atoms with Crippen molar-refractivity contribution in [3.63, 3.8) is 0 Å². The van der Waals surface area contributed by atoms with E-state index in [1.807, 2.05) is 19.1 Å². The second-order valence-corrected chi connectivity index (χ2v) is 6.26. The Morgan fingerprint density at radius 1 is 1.45 bits per heavy atom. The van der Waals surface area contributed by atoms with E-state index in [0.29, 0.717) is 0 Å². The minimum absolute atomic E-state index is 0.0257. The first-order valence-electron chi connectivity index (χ1n) is 9.18. The fourth-order valence-corrected chi connectivity index (χ4v) is 2.62. The molecule has 3 atom stereocenters. The van der Waals surface area contributed by atoms with Gasteiger partial charge in [0, 0.05) is 19.0 Å². The van der Waals surface area contributed by atoms with Crippen LogP contribution in [0, 0.1) is 11.8 Å². The molecule has 0 saturated carbocycles. The van der Waals surface area contributed by atoms with Crippen LogP contribution >= 0.6 is 0 Å². The predicted octanol–water partition coefficient (Wildman–Crippen LogP) is -0.0155. The first-order valence-corrected chi connectivity index (χ1v) is 9.18. The third-order valence-corrected chi connectivity index (χ3v) is 4.12. The van der Waals surface area contributed by atoms with Gasteiger partial charge in [-0.05, 0) is 13.0 Å². The number of hydrogen-bond acceptors (Lipinski definition) is 7. The van der Waals surface area contributed by atoms with E-state index in [-0.39, 0.29) is 38.0 Å². The highest BCUT2D eigenvalue weighted by atomic mass is 16.5. The van der Waals surface area contributed by atoms with E-state index in [2.05, 4.69) is 16.8 Å². The monoisotopic (exact) mass is 404 g/mol. The van der Waals surface area contributed by atoms with E-state index in [9.17, 15) is 19.5 Å². The van der Waals surface area contributed by atoms with Gasteiger partial charge in [0.05, 0.1) is 19.1 Å². The lowest BCUT2D eigenvalue weighted by atomic mass is 10.2. The summed E-state index contributed by atoms with van der Waals surface area (Å²) in [6, 6.07) is 0. The van der Waals surface area contributed by atoms with Crippen LogP contribution in [-0.2, 0) is 14.3 Å². The van der Waals surface area contributed by atoms with Gasteiger partial charge >= 0.3 is 11.7 Å². The number of carbonyl (C=O) groups excluding carboxylic acids is 1. The van der Waals surface area contributed by atoms with Gasteiger partial charge in [0.1, 0.15) is 24.5 Å². The Hall–Kier alpha value is -2.93. The van der Waals surface area contributed by atoms with E-state index in [0.717, 1.165) is 4.57 Å². The lowest BCUT2D eigenvalue weighted by molar-refractivity contribution is -0.142. The number of aromatic nitrogens is 2. The first kappa shape index (κ1) is 22.4. The molecular weight excluding hydrogens is 380 g/mol. The number of carbonyl (C=O) groups is 1. The SMILES string of the molecule is C/C=C/C=C/COC(=O)CCC#Cc1cn([C@H]2C[C@H](O)[C@@H](CO)O2)c(=O)[nH]c1=O. The van der Waals surface area contributed by atoms with Gasteiger partial charge in [0.15, 0.2) is 0 Å². The molecule has 0 aliphatic carbocycles. The molecule has 1 aliphatic heterocycles. The van der Waals surface area contributed by atoms with E-state index in [1.165, 1.54) is 6.20 Å². The number of nitrogens with one attached hydrogen (secondary N) is 1. The van der Waals surface area contributed by atoms with E-state index < -0.39 is 35.7 Å². The molecule has 156 valence electrons. The Kier molecular flexibility index (Phi) is 8.61. The Morgan fingerprint density at radius 2 is 2.24 bits per heavy atom. The summed E-state index contributed by atoms with van der Waals surface area (Å²) in [5.74, 6) is 4.92. The zero-order valence-corrected chi connectivity index (χ0v) is 16.0. The smallest absolute Gasteiger partial charge is 0.330 e. The van der Waals surface area contributed by atoms with Crippen LogP contribution in [-0.4, -0.2) is 51.2 Å². The number of aliphatic hydroxyl groups is 2. The molecule has 1 fully saturated rings. The van der Waals surface area contributed by atoms with Gasteiger partial charge in [-0.1, -0.05) is 30.1 Å². The highest BCUT2D eigenvalue weighted by molar-refractivity contribution is 5.69. The predicted molar refractivity (Wildman–Crippen MR) is 104 cm³/mol. The van der Waals surface area contributed by atoms with Crippen molar-refractivity contribution in [3.05, 3.63) is 56.9 Å². The number of allylic oxidation sites excluding steroid dienone is 3. The molecule has 1 saturated heterocycles. The van der Waals surface area contributed by atoms with Crippen molar-refractivity contribution in [2.75, 3.05) is 13.2 Å². The summed E-state index contributed by atoms with van der Waals surface area (Å²) in [5, 5.41) is 19.0. The van der Waals surface area contributed by atoms with Crippen LogP contribution in [0.2, 0.25) is 0 Å². The highest BCUT2D eigenvalue weighted by Gasteiger charge is 2.35. The first-order chi connectivity index (χ1) is 14.0. The van der Waals surface area contributed by atoms with Crippen LogP contribution in [0.1, 0.15) is 38.0 Å². The number of rotatable bonds is 7. The van der Waals surface area contributed by atoms with E-state index in [1.54, 1.807) is 12.2 Å². The number of ether oxygens (including phenoxy) is 2. The third kappa shape index (κ3) is 6.57. The molecule has 0 aromatic carbocycles. The zero-order chi connectivity index (χ0) is 21.2. The molecule has 0 unspecified atom stereocenters. The van der Waals surface area contributed by atoms with Gasteiger partial charge in [0.25, 0.3) is 5.56 Å². The van der Waals surface area contributed by atoms with Crippen molar-refractivity contribution in [2.45, 2.75) is 44.6 Å². The van der Waals surface area contributed by atoms with Crippen molar-refractivity contribution in [1.29, 1.82) is 0 Å². The molecule has 1 aromatic heterocycles. The van der Waals surface area contributed by atoms with Crippen molar-refractivity contribution in [1.82, 2.24) is 9.55 Å². The summed E-state index contributed by atoms with van der Waals surface area (Å²) in [7, 11) is 0. The summed E-state index contributed by atoms with van der Waals surface area (Å²) in [4.78, 5) is 37.7. The van der Waals surface area contributed by atoms with E-state index >= 15 is 0 Å². The van der Waals surface area contributed by atoms with Crippen LogP contribution in [0.3, 0.4) is 0 Å². The molecule has 0 radical (unpaired) electrons. The molecule has 9 heteroatoms. The van der Waals surface area contributed by atoms with Crippen LogP contribution in [0.15, 0.2) is 40.1 Å². The molecule has 0 bridgehead atoms. The fraction of sp³-hybridized carbons (Fsp3) is 0.450. The van der Waals surface area contributed by atoms with Crippen LogP contribution in [0.4, 0.5) is 0 Å². The van der Waals surface area contributed by atoms with Crippen molar-refractivity contribution >= 4 is 5.97 Å². The summed E-state index contributed by atoms with van der Waals surface area (Å²) in [6.07, 6.45) is 6.19. The Balaban J connectivity index is 1.97. The number of hydrogen-bond donors (Lipinski definition) is 3. The number of nitrogens with zero attached hydrogens (tertiary/aromatic N) is 1. The molecular formula is C20H24N2O7. The Morgan fingerprint density at radius 3 is 2.93 bits per heavy atom. The van der Waals surface area contributed by atoms with Crippen molar-refractivity contribution in [3.8, 4) is 11.8 Å². The molecule has 0 amide bonds. The molecule has 3 N–H and O–H groups in total. The number of esters is 1. The summed E-state index contributed by atoms with van der Waals surface area (Å²) in [6.45, 7) is 1.66. The second-order valence-electron chi connectivity index (χ2n) is 6.26. The number of aliphatic hydroxyl groups excluding tert-OH is 2. The van der Waals surface area contributed by atoms with Gasteiger partial charge in [-0.2, -0.15) is 0 Å². The van der Waals surface area contributed by atoms with Gasteiger partial charge in [-0.25, -0.2) is 4.79 Å². The fourth-order valence-electron chi connectivity index (χ4n) is 2.62. The molecule has 1 aromatic rings. The van der Waals surface area contributed by atoms with Gasteiger partial charge < -0.3 is 19.7 Å². The quantitative estimate of drug-likeness (QED) is 0.331. The number of aromatic amines is 1. The molecule has 2 heterocycles. The minimum Gasteiger partial charge on any atom is -0.461 e. The summed E-state index contributed by atoms with van der Waals surface area (Å²) >= 11 is 0. The van der Waals surface area contributed by atoms with Crippen LogP contribution < -0.4 is 11.2 Å². The minimum atomic E-state index is -0.919. The Labute approximate surface area is 167 Å². The lowest BCUT2D eigenvalue weighted by Gasteiger charge is -2.14. The zero-order valence-electron chi connectivity index (χ0n) is 16.0. The summed E-state index contributed by atoms with van der Waals surface area (Å²) in [5.41, 5.74) is -1.34. The molecule has 2 rings (SSSR count). The van der Waals surface area contributed by atoms with Gasteiger partial charge in [-0.15, -0.1) is 0 Å². The van der Waals surface area contributed by atoms with Crippen LogP contribution in [0.25, 0.3) is 0 Å². The maximum atomic E-state index is 12.0. The molecule has 9 nitrogen and oxygen atoms in total. The average Bonchev–Trinajstić information content (AvgIpc) is 3.06. The third-order valence-electron chi connectivity index (χ3n) is 4.12. The molecule has 29 heavy (non-hydrogen) atoms. The van der Waals surface area contributed by atoms with Crippen molar-refractivity contribution in [2.24, 2.45) is 0 Å². The maximum Gasteiger partial charge on any atom is 0.330 e.